The van der Waals surface area contributed by atoms with Gasteiger partial charge in [-0.25, -0.2) is 0 Å². The fourth-order valence-electron chi connectivity index (χ4n) is 5.27. The zero-order chi connectivity index (χ0) is 35.3. The molecular formula is C33H52AuF6NO2PSb-. The van der Waals surface area contributed by atoms with E-state index in [-0.39, 0.29) is 32.7 Å². The molecule has 0 unspecified atom stereocenters. The Hall–Kier alpha value is -0.902. The van der Waals surface area contributed by atoms with Gasteiger partial charge < -0.3 is 9.47 Å². The molecule has 0 atom stereocenters. The minimum atomic E-state index is -11.2. The molecule has 0 spiro atoms. The van der Waals surface area contributed by atoms with Crippen LogP contribution in [0.3, 0.4) is 0 Å². The number of nitrogens with zero attached hydrogens (tertiary/aromatic N) is 1. The molecule has 0 saturated carbocycles. The third-order valence-corrected chi connectivity index (χ3v) is 10.1. The summed E-state index contributed by atoms with van der Waals surface area (Å²) in [4.78, 5) is 0. The Balaban J connectivity index is 0. The van der Waals surface area contributed by atoms with Crippen LogP contribution in [0.4, 0.5) is 16.9 Å². The number of halogens is 6. The van der Waals surface area contributed by atoms with Crippen LogP contribution in [0.1, 0.15) is 124 Å². The second kappa shape index (κ2) is 16.0. The Morgan fingerprint density at radius 2 is 1.00 bits per heavy atom. The molecule has 3 nitrogen and oxygen atoms in total. The summed E-state index contributed by atoms with van der Waals surface area (Å²) >= 11 is -11.2. The van der Waals surface area contributed by atoms with E-state index < -0.39 is 27.4 Å². The summed E-state index contributed by atoms with van der Waals surface area (Å²) in [7, 11) is 2.99. The molecule has 0 aliphatic heterocycles. The molecule has 2 aromatic carbocycles. The summed E-state index contributed by atoms with van der Waals surface area (Å²) < 4.78 is 71.8. The van der Waals surface area contributed by atoms with Gasteiger partial charge in [-0.15, -0.1) is 0 Å². The second-order valence-corrected chi connectivity index (χ2v) is 22.9. The first-order valence-electron chi connectivity index (χ1n) is 14.5. The van der Waals surface area contributed by atoms with Gasteiger partial charge in [0.2, 0.25) is 0 Å². The van der Waals surface area contributed by atoms with Gasteiger partial charge in [-0.3, -0.25) is 0 Å². The maximum absolute atomic E-state index is 11.2. The van der Waals surface area contributed by atoms with Crippen molar-refractivity contribution in [3.8, 4) is 28.7 Å². The van der Waals surface area contributed by atoms with Crippen LogP contribution in [0.25, 0.3) is 11.1 Å². The van der Waals surface area contributed by atoms with Crippen molar-refractivity contribution >= 4 is 32.7 Å². The summed E-state index contributed by atoms with van der Waals surface area (Å²) in [6, 6.07) is 10.8. The van der Waals surface area contributed by atoms with Gasteiger partial charge >= 0.3 is 36.4 Å². The van der Waals surface area contributed by atoms with Gasteiger partial charge in [-0.05, 0) is 62.5 Å². The van der Waals surface area contributed by atoms with E-state index in [9.17, 15) is 16.9 Å². The first kappa shape index (κ1) is 46.2. The quantitative estimate of drug-likeness (QED) is 0.158. The van der Waals surface area contributed by atoms with Gasteiger partial charge in [-0.2, -0.15) is 5.26 Å². The molecule has 12 heteroatoms. The number of methoxy groups -OCH3 is 2. The topological polar surface area (TPSA) is 42.2 Å². The number of benzene rings is 2. The van der Waals surface area contributed by atoms with Gasteiger partial charge in [0, 0.05) is 40.2 Å². The number of hydrogen-bond acceptors (Lipinski definition) is 3. The van der Waals surface area contributed by atoms with Crippen molar-refractivity contribution in [3.05, 3.63) is 41.0 Å². The number of nitriles is 1. The molecule has 0 aromatic heterocycles. The van der Waals surface area contributed by atoms with Crippen molar-refractivity contribution in [2.45, 2.75) is 118 Å². The summed E-state index contributed by atoms with van der Waals surface area (Å²) in [5.74, 6) is 3.19. The van der Waals surface area contributed by atoms with E-state index >= 15 is 0 Å². The van der Waals surface area contributed by atoms with Crippen molar-refractivity contribution in [2.75, 3.05) is 14.2 Å². The molecule has 0 amide bonds. The van der Waals surface area contributed by atoms with Crippen LogP contribution in [0.15, 0.2) is 24.3 Å². The maximum atomic E-state index is 9.93. The molecule has 2 rings (SSSR count). The summed E-state index contributed by atoms with van der Waals surface area (Å²) in [6.07, 6.45) is 0. The molecule has 0 aliphatic carbocycles. The summed E-state index contributed by atoms with van der Waals surface area (Å²) in [6.45, 7) is 29.5. The third kappa shape index (κ3) is 15.7. The van der Waals surface area contributed by atoms with E-state index in [1.54, 1.807) is 13.2 Å². The molecular weight excluding hydrogens is 906 g/mol. The van der Waals surface area contributed by atoms with E-state index in [2.05, 4.69) is 107 Å². The van der Waals surface area contributed by atoms with Gasteiger partial charge in [-0.1, -0.05) is 103 Å². The van der Waals surface area contributed by atoms with Gasteiger partial charge in [0.15, 0.2) is 0 Å². The second-order valence-electron chi connectivity index (χ2n) is 13.6. The van der Waals surface area contributed by atoms with E-state index in [4.69, 9.17) is 14.7 Å². The first-order chi connectivity index (χ1) is 19.4. The Morgan fingerprint density at radius 1 is 0.689 bits per heavy atom. The number of rotatable bonds is 7. The Kier molecular flexibility index (Phi) is 16.4. The predicted octanol–water partition coefficient (Wildman–Crippen LogP) is 12.1. The fourth-order valence-corrected chi connectivity index (χ4v) is 9.46. The van der Waals surface area contributed by atoms with Crippen LogP contribution in [-0.2, 0) is 22.4 Å². The first-order valence-corrected chi connectivity index (χ1v) is 21.7. The molecule has 0 aliphatic rings. The van der Waals surface area contributed by atoms with Crippen molar-refractivity contribution in [1.29, 1.82) is 5.26 Å². The van der Waals surface area contributed by atoms with Crippen molar-refractivity contribution in [2.24, 2.45) is 0 Å². The Morgan fingerprint density at radius 3 is 1.24 bits per heavy atom. The average molecular weight is 958 g/mol. The third-order valence-electron chi connectivity index (χ3n) is 6.49. The van der Waals surface area contributed by atoms with Gasteiger partial charge in [0.05, 0.1) is 20.3 Å². The van der Waals surface area contributed by atoms with E-state index in [1.165, 1.54) is 40.0 Å². The number of hydrogen-bond donors (Lipinski definition) is 0. The molecule has 45 heavy (non-hydrogen) atoms. The molecule has 265 valence electrons. The van der Waals surface area contributed by atoms with E-state index in [0.717, 1.165) is 11.5 Å². The molecule has 2 aromatic rings. The van der Waals surface area contributed by atoms with Crippen LogP contribution in [-0.4, -0.2) is 44.0 Å². The fraction of sp³-hybridized carbons (Fsp3) is 0.606. The van der Waals surface area contributed by atoms with Gasteiger partial charge in [0.1, 0.15) is 11.5 Å². The van der Waals surface area contributed by atoms with Crippen molar-refractivity contribution in [1.82, 2.24) is 0 Å². The average Bonchev–Trinajstić information content (AvgIpc) is 2.79. The van der Waals surface area contributed by atoms with Crippen LogP contribution in [0.5, 0.6) is 11.5 Å². The van der Waals surface area contributed by atoms with Gasteiger partial charge in [0.25, 0.3) is 0 Å². The Labute approximate surface area is 287 Å². The van der Waals surface area contributed by atoms with Crippen LogP contribution in [0.2, 0.25) is 0 Å². The van der Waals surface area contributed by atoms with Crippen molar-refractivity contribution in [3.63, 3.8) is 0 Å². The molecule has 1 radical (unpaired) electrons. The van der Waals surface area contributed by atoms with E-state index in [1.807, 2.05) is 7.11 Å². The Bertz CT molecular complexity index is 1260. The van der Waals surface area contributed by atoms with Crippen LogP contribution in [0, 0.1) is 11.3 Å². The zero-order valence-corrected chi connectivity index (χ0v) is 34.9. The summed E-state index contributed by atoms with van der Waals surface area (Å²) in [5, 5.41) is 8.84. The van der Waals surface area contributed by atoms with E-state index in [0.29, 0.717) is 17.8 Å². The minimum absolute atomic E-state index is 0. The SMILES string of the molecule is CC#N.COc1ccc(OC)c(P(C(C)(C)C)C(C)(C)C)c1-c1c(C(C)C)cc(C(C)C)cc1C(C)C.[Au].[F][Sb-]([F])([F])([F])([F])[F]. The van der Waals surface area contributed by atoms with Crippen LogP contribution < -0.4 is 14.8 Å². The predicted molar refractivity (Wildman–Crippen MR) is 177 cm³/mol. The monoisotopic (exact) mass is 957 g/mol. The number of ether oxygens (including phenoxy) is 2. The zero-order valence-electron chi connectivity index (χ0n) is 29.3. The molecule has 0 heterocycles. The normalized spacial score (nSPS) is 13.5. The molecule has 0 N–H and O–H groups in total. The van der Waals surface area contributed by atoms with Crippen molar-refractivity contribution < 1.29 is 48.7 Å². The molecule has 0 saturated heterocycles. The molecule has 0 bridgehead atoms. The standard InChI is InChI=1S/C31H49O2P.C2H3N.Au.6FH.Sb/c1-19(2)22-17-23(20(3)4)27(24(18-22)21(5)6)28-25(32-13)15-16-26(33-14)29(28)34(30(7,8)9)31(10,11)12;1-2-3;;;;;;;;/h15-21H,1-14H3;1H3;;6*1H;/q;;;;;;;;;+5/p-6. The van der Waals surface area contributed by atoms with Crippen LogP contribution >= 0.6 is 7.92 Å². The molecule has 0 fully saturated rings. The summed E-state index contributed by atoms with van der Waals surface area (Å²) in [5.41, 5.74) is 6.80.